The average molecular weight is 522 g/mol. The van der Waals surface area contributed by atoms with Crippen LogP contribution in [0.15, 0.2) is 91.0 Å². The maximum atomic E-state index is 11.4. The quantitative estimate of drug-likeness (QED) is 0.226. The van der Waals surface area contributed by atoms with Crippen LogP contribution in [-0.2, 0) is 38.5 Å². The SMILES string of the molecule is NC(=O)c1ccc(CCc2ccc(CCc3ccc(C(=O)O)cc3)cc2CCc2ccc(C(=O)O)cc2)cc1. The summed E-state index contributed by atoms with van der Waals surface area (Å²) in [6.07, 6.45) is 4.93. The summed E-state index contributed by atoms with van der Waals surface area (Å²) in [4.78, 5) is 33.7. The van der Waals surface area contributed by atoms with Crippen molar-refractivity contribution >= 4 is 17.8 Å². The molecule has 4 aromatic carbocycles. The predicted octanol–water partition coefficient (Wildman–Crippen LogP) is 5.54. The molecule has 6 heteroatoms. The highest BCUT2D eigenvalue weighted by Crippen LogP contribution is 2.20. The third kappa shape index (κ3) is 7.65. The number of carboxylic acids is 2. The Morgan fingerprint density at radius 2 is 0.821 bits per heavy atom. The molecule has 4 aromatic rings. The third-order valence-electron chi connectivity index (χ3n) is 6.98. The smallest absolute Gasteiger partial charge is 0.335 e. The molecule has 6 nitrogen and oxygen atoms in total. The molecule has 0 heterocycles. The standard InChI is InChI=1S/C33H31NO5/c34-31(35)27-14-4-23(5-15-27)3-12-26-13-11-25(2-1-22-6-16-28(17-7-22)32(36)37)21-30(26)20-10-24-8-18-29(19-9-24)33(38)39/h4-9,11,13-19,21H,1-3,10,12,20H2,(H2,34,35)(H,36,37)(H,38,39). The first kappa shape index (κ1) is 27.3. The molecule has 0 aromatic heterocycles. The predicted molar refractivity (Wildman–Crippen MR) is 150 cm³/mol. The van der Waals surface area contributed by atoms with Crippen molar-refractivity contribution in [2.24, 2.45) is 5.73 Å². The lowest BCUT2D eigenvalue weighted by atomic mass is 9.92. The molecule has 0 bridgehead atoms. The molecule has 39 heavy (non-hydrogen) atoms. The van der Waals surface area contributed by atoms with E-state index in [9.17, 15) is 14.4 Å². The normalized spacial score (nSPS) is 10.8. The van der Waals surface area contributed by atoms with Crippen LogP contribution in [0, 0.1) is 0 Å². The minimum Gasteiger partial charge on any atom is -0.478 e. The zero-order valence-electron chi connectivity index (χ0n) is 21.6. The van der Waals surface area contributed by atoms with Crippen molar-refractivity contribution in [2.45, 2.75) is 38.5 Å². The molecule has 0 saturated carbocycles. The Morgan fingerprint density at radius 1 is 0.462 bits per heavy atom. The molecule has 0 aliphatic heterocycles. The highest BCUT2D eigenvalue weighted by molar-refractivity contribution is 5.92. The summed E-state index contributed by atoms with van der Waals surface area (Å²) in [6.45, 7) is 0. The molecule has 0 saturated heterocycles. The lowest BCUT2D eigenvalue weighted by Crippen LogP contribution is -2.10. The van der Waals surface area contributed by atoms with Crippen molar-refractivity contribution in [2.75, 3.05) is 0 Å². The average Bonchev–Trinajstić information content (AvgIpc) is 2.95. The number of hydrogen-bond acceptors (Lipinski definition) is 3. The molecule has 198 valence electrons. The Kier molecular flexibility index (Phi) is 8.90. The topological polar surface area (TPSA) is 118 Å². The van der Waals surface area contributed by atoms with Crippen LogP contribution in [0.2, 0.25) is 0 Å². The van der Waals surface area contributed by atoms with Crippen LogP contribution in [0.25, 0.3) is 0 Å². The Morgan fingerprint density at radius 3 is 1.26 bits per heavy atom. The minimum atomic E-state index is -0.932. The second-order valence-corrected chi connectivity index (χ2v) is 9.67. The molecule has 4 rings (SSSR count). The van der Waals surface area contributed by atoms with E-state index in [0.717, 1.165) is 55.2 Å². The van der Waals surface area contributed by atoms with Gasteiger partial charge in [0.2, 0.25) is 5.91 Å². The third-order valence-corrected chi connectivity index (χ3v) is 6.98. The van der Waals surface area contributed by atoms with Gasteiger partial charge in [-0.2, -0.15) is 0 Å². The summed E-state index contributed by atoms with van der Waals surface area (Å²) in [5.74, 6) is -2.30. The number of carboxylic acid groups (broad SMARTS) is 2. The monoisotopic (exact) mass is 521 g/mol. The van der Waals surface area contributed by atoms with Crippen LogP contribution in [0.3, 0.4) is 0 Å². The number of aryl methyl sites for hydroxylation is 6. The van der Waals surface area contributed by atoms with Crippen LogP contribution >= 0.6 is 0 Å². The van der Waals surface area contributed by atoms with Gasteiger partial charge in [0.25, 0.3) is 0 Å². The van der Waals surface area contributed by atoms with Crippen molar-refractivity contribution in [3.8, 4) is 0 Å². The van der Waals surface area contributed by atoms with Gasteiger partial charge in [0.05, 0.1) is 11.1 Å². The van der Waals surface area contributed by atoms with Crippen molar-refractivity contribution in [3.63, 3.8) is 0 Å². The molecule has 0 aliphatic carbocycles. The molecule has 0 spiro atoms. The van der Waals surface area contributed by atoms with Crippen LogP contribution < -0.4 is 5.73 Å². The van der Waals surface area contributed by atoms with Crippen LogP contribution in [-0.4, -0.2) is 28.1 Å². The fourth-order valence-corrected chi connectivity index (χ4v) is 4.62. The van der Waals surface area contributed by atoms with Gasteiger partial charge < -0.3 is 15.9 Å². The number of amides is 1. The first-order valence-electron chi connectivity index (χ1n) is 12.9. The van der Waals surface area contributed by atoms with Crippen molar-refractivity contribution < 1.29 is 24.6 Å². The fraction of sp³-hybridized carbons (Fsp3) is 0.182. The molecule has 0 aliphatic rings. The first-order valence-corrected chi connectivity index (χ1v) is 12.9. The lowest BCUT2D eigenvalue weighted by Gasteiger charge is -2.13. The van der Waals surface area contributed by atoms with E-state index in [0.29, 0.717) is 5.56 Å². The second-order valence-electron chi connectivity index (χ2n) is 9.67. The van der Waals surface area contributed by atoms with E-state index in [1.807, 2.05) is 36.4 Å². The molecular formula is C33H31NO5. The zero-order chi connectivity index (χ0) is 27.8. The van der Waals surface area contributed by atoms with Crippen molar-refractivity contribution in [1.82, 2.24) is 0 Å². The van der Waals surface area contributed by atoms with Crippen LogP contribution in [0.4, 0.5) is 0 Å². The van der Waals surface area contributed by atoms with Gasteiger partial charge in [-0.05, 0) is 108 Å². The number of primary amides is 1. The minimum absolute atomic E-state index is 0.278. The first-order chi connectivity index (χ1) is 18.8. The van der Waals surface area contributed by atoms with E-state index < -0.39 is 17.8 Å². The summed E-state index contributed by atoms with van der Waals surface area (Å²) >= 11 is 0. The number of carbonyl (C=O) groups is 3. The number of nitrogens with two attached hydrogens (primary N) is 1. The Balaban J connectivity index is 1.48. The van der Waals surface area contributed by atoms with Crippen molar-refractivity contribution in [1.29, 1.82) is 0 Å². The molecule has 4 N–H and O–H groups in total. The van der Waals surface area contributed by atoms with Gasteiger partial charge in [-0.3, -0.25) is 4.79 Å². The van der Waals surface area contributed by atoms with Gasteiger partial charge in [-0.1, -0.05) is 54.6 Å². The summed E-state index contributed by atoms with van der Waals surface area (Å²) in [7, 11) is 0. The van der Waals surface area contributed by atoms with Crippen molar-refractivity contribution in [3.05, 3.63) is 141 Å². The molecule has 0 fully saturated rings. The van der Waals surface area contributed by atoms with Gasteiger partial charge in [0.15, 0.2) is 0 Å². The molecule has 0 radical (unpaired) electrons. The van der Waals surface area contributed by atoms with Gasteiger partial charge in [-0.15, -0.1) is 0 Å². The van der Waals surface area contributed by atoms with Crippen LogP contribution in [0.1, 0.15) is 64.5 Å². The van der Waals surface area contributed by atoms with E-state index in [2.05, 4.69) is 18.2 Å². The van der Waals surface area contributed by atoms with Gasteiger partial charge in [-0.25, -0.2) is 9.59 Å². The Labute approximate surface area is 227 Å². The summed E-state index contributed by atoms with van der Waals surface area (Å²) in [5, 5.41) is 18.3. The molecular weight excluding hydrogens is 490 g/mol. The van der Waals surface area contributed by atoms with Gasteiger partial charge in [0.1, 0.15) is 0 Å². The Hall–Kier alpha value is -4.71. The lowest BCUT2D eigenvalue weighted by molar-refractivity contribution is 0.0686. The second kappa shape index (κ2) is 12.7. The Bertz CT molecular complexity index is 1460. The van der Waals surface area contributed by atoms with Gasteiger partial charge in [0, 0.05) is 5.56 Å². The number of rotatable bonds is 12. The summed E-state index contributed by atoms with van der Waals surface area (Å²) in [6, 6.07) is 28.0. The number of hydrogen-bond donors (Lipinski definition) is 3. The maximum Gasteiger partial charge on any atom is 0.335 e. The molecule has 0 unspecified atom stereocenters. The fourth-order valence-electron chi connectivity index (χ4n) is 4.62. The van der Waals surface area contributed by atoms with Crippen LogP contribution in [0.5, 0.6) is 0 Å². The van der Waals surface area contributed by atoms with E-state index in [1.165, 1.54) is 16.7 Å². The van der Waals surface area contributed by atoms with E-state index in [1.54, 1.807) is 36.4 Å². The zero-order valence-corrected chi connectivity index (χ0v) is 21.6. The summed E-state index contributed by atoms with van der Waals surface area (Å²) < 4.78 is 0. The van der Waals surface area contributed by atoms with E-state index >= 15 is 0 Å². The highest BCUT2D eigenvalue weighted by atomic mass is 16.4. The number of benzene rings is 4. The molecule has 0 atom stereocenters. The highest BCUT2D eigenvalue weighted by Gasteiger charge is 2.09. The van der Waals surface area contributed by atoms with E-state index in [-0.39, 0.29) is 11.1 Å². The molecule has 1 amide bonds. The largest absolute Gasteiger partial charge is 0.478 e. The van der Waals surface area contributed by atoms with E-state index in [4.69, 9.17) is 15.9 Å². The summed E-state index contributed by atoms with van der Waals surface area (Å²) in [5.41, 5.74) is 13.4. The maximum absolute atomic E-state index is 11.4. The van der Waals surface area contributed by atoms with Gasteiger partial charge >= 0.3 is 11.9 Å². The number of carbonyl (C=O) groups excluding carboxylic acids is 1. The number of aromatic carboxylic acids is 2.